The molecule has 0 amide bonds. The molecule has 0 bridgehead atoms. The lowest BCUT2D eigenvalue weighted by Crippen LogP contribution is -2.23. The first-order chi connectivity index (χ1) is 7.65. The number of carbonyl (C=O) groups is 1. The van der Waals surface area contributed by atoms with Gasteiger partial charge in [-0.25, -0.2) is 4.79 Å². The van der Waals surface area contributed by atoms with E-state index in [1.54, 1.807) is 0 Å². The van der Waals surface area contributed by atoms with Crippen molar-refractivity contribution in [3.63, 3.8) is 0 Å². The van der Waals surface area contributed by atoms with E-state index < -0.39 is 12.1 Å². The van der Waals surface area contributed by atoms with Gasteiger partial charge >= 0.3 is 5.97 Å². The van der Waals surface area contributed by atoms with Crippen molar-refractivity contribution < 1.29 is 14.6 Å². The molecule has 1 aromatic carbocycles. The molecular formula is C12H15BrO3. The van der Waals surface area contributed by atoms with Gasteiger partial charge in [0, 0.05) is 4.47 Å². The molecule has 1 N–H and O–H groups in total. The van der Waals surface area contributed by atoms with Crippen molar-refractivity contribution in [1.29, 1.82) is 0 Å². The second-order valence-corrected chi connectivity index (χ2v) is 4.37. The molecule has 1 rings (SSSR count). The van der Waals surface area contributed by atoms with Gasteiger partial charge in [0.2, 0.25) is 0 Å². The van der Waals surface area contributed by atoms with Crippen molar-refractivity contribution in [2.75, 3.05) is 0 Å². The van der Waals surface area contributed by atoms with Crippen molar-refractivity contribution in [1.82, 2.24) is 0 Å². The summed E-state index contributed by atoms with van der Waals surface area (Å²) in [7, 11) is 0. The van der Waals surface area contributed by atoms with Gasteiger partial charge < -0.3 is 9.84 Å². The molecular weight excluding hydrogens is 272 g/mol. The highest BCUT2D eigenvalue weighted by Gasteiger charge is 2.16. The molecule has 0 aliphatic rings. The molecule has 0 aliphatic heterocycles. The van der Waals surface area contributed by atoms with Crippen LogP contribution in [0.25, 0.3) is 0 Å². The normalized spacial score (nSPS) is 12.4. The number of hydrogen-bond donors (Lipinski definition) is 1. The third-order valence-corrected chi connectivity index (χ3v) is 3.00. The van der Waals surface area contributed by atoms with E-state index in [4.69, 9.17) is 9.84 Å². The van der Waals surface area contributed by atoms with Crippen molar-refractivity contribution >= 4 is 21.9 Å². The number of hydrogen-bond acceptors (Lipinski definition) is 2. The molecule has 0 spiro atoms. The minimum absolute atomic E-state index is 0.318. The number of benzene rings is 1. The van der Waals surface area contributed by atoms with Crippen LogP contribution in [-0.2, 0) is 16.1 Å². The lowest BCUT2D eigenvalue weighted by molar-refractivity contribution is -0.151. The summed E-state index contributed by atoms with van der Waals surface area (Å²) in [6, 6.07) is 7.64. The number of carboxylic acid groups (broad SMARTS) is 1. The summed E-state index contributed by atoms with van der Waals surface area (Å²) in [6.45, 7) is 2.26. The Morgan fingerprint density at radius 3 is 2.75 bits per heavy atom. The zero-order valence-corrected chi connectivity index (χ0v) is 10.7. The fourth-order valence-electron chi connectivity index (χ4n) is 1.35. The first-order valence-corrected chi connectivity index (χ1v) is 6.02. The van der Waals surface area contributed by atoms with Crippen LogP contribution in [0.4, 0.5) is 0 Å². The number of carboxylic acids is 1. The van der Waals surface area contributed by atoms with E-state index >= 15 is 0 Å². The largest absolute Gasteiger partial charge is 0.479 e. The van der Waals surface area contributed by atoms with Crippen LogP contribution in [0.2, 0.25) is 0 Å². The number of rotatable bonds is 6. The van der Waals surface area contributed by atoms with Gasteiger partial charge in [-0.2, -0.15) is 0 Å². The first kappa shape index (κ1) is 13.2. The Balaban J connectivity index is 2.55. The zero-order valence-electron chi connectivity index (χ0n) is 9.15. The van der Waals surface area contributed by atoms with Gasteiger partial charge in [-0.3, -0.25) is 0 Å². The summed E-state index contributed by atoms with van der Waals surface area (Å²) in [4.78, 5) is 10.9. The Morgan fingerprint density at radius 2 is 2.19 bits per heavy atom. The average molecular weight is 287 g/mol. The van der Waals surface area contributed by atoms with Crippen LogP contribution < -0.4 is 0 Å². The first-order valence-electron chi connectivity index (χ1n) is 5.23. The topological polar surface area (TPSA) is 46.5 Å². The van der Waals surface area contributed by atoms with E-state index in [2.05, 4.69) is 15.9 Å². The second kappa shape index (κ2) is 6.66. The molecule has 88 valence electrons. The van der Waals surface area contributed by atoms with Crippen molar-refractivity contribution in [3.05, 3.63) is 34.3 Å². The van der Waals surface area contributed by atoms with E-state index in [-0.39, 0.29) is 0 Å². The average Bonchev–Trinajstić information content (AvgIpc) is 2.26. The van der Waals surface area contributed by atoms with E-state index in [0.29, 0.717) is 13.0 Å². The summed E-state index contributed by atoms with van der Waals surface area (Å²) in [5, 5.41) is 8.91. The van der Waals surface area contributed by atoms with Crippen LogP contribution in [0.3, 0.4) is 0 Å². The van der Waals surface area contributed by atoms with Crippen LogP contribution in [0.5, 0.6) is 0 Å². The van der Waals surface area contributed by atoms with Crippen LogP contribution >= 0.6 is 15.9 Å². The fraction of sp³-hybridized carbons (Fsp3) is 0.417. The molecule has 1 atom stereocenters. The van der Waals surface area contributed by atoms with Gasteiger partial charge in [-0.1, -0.05) is 47.5 Å². The Kier molecular flexibility index (Phi) is 5.49. The summed E-state index contributed by atoms with van der Waals surface area (Å²) in [5.74, 6) is -0.895. The fourth-order valence-corrected chi connectivity index (χ4v) is 1.75. The highest BCUT2D eigenvalue weighted by molar-refractivity contribution is 9.10. The lowest BCUT2D eigenvalue weighted by atomic mass is 10.2. The van der Waals surface area contributed by atoms with Crippen LogP contribution in [0.15, 0.2) is 28.7 Å². The smallest absolute Gasteiger partial charge is 0.332 e. The molecule has 1 aromatic rings. The Bertz CT molecular complexity index is 352. The zero-order chi connectivity index (χ0) is 12.0. The third-order valence-electron chi connectivity index (χ3n) is 2.22. The molecule has 16 heavy (non-hydrogen) atoms. The summed E-state index contributed by atoms with van der Waals surface area (Å²) in [6.07, 6.45) is 0.629. The van der Waals surface area contributed by atoms with Crippen LogP contribution in [0.1, 0.15) is 25.3 Å². The van der Waals surface area contributed by atoms with E-state index in [1.807, 2.05) is 31.2 Å². The maximum Gasteiger partial charge on any atom is 0.332 e. The summed E-state index contributed by atoms with van der Waals surface area (Å²) < 4.78 is 6.32. The second-order valence-electron chi connectivity index (χ2n) is 3.52. The molecule has 0 aliphatic carbocycles. The van der Waals surface area contributed by atoms with Crippen LogP contribution in [-0.4, -0.2) is 17.2 Å². The van der Waals surface area contributed by atoms with Crippen molar-refractivity contribution in [2.24, 2.45) is 0 Å². The summed E-state index contributed by atoms with van der Waals surface area (Å²) in [5.41, 5.74) is 0.963. The van der Waals surface area contributed by atoms with Gasteiger partial charge in [0.15, 0.2) is 6.10 Å². The van der Waals surface area contributed by atoms with Gasteiger partial charge in [0.25, 0.3) is 0 Å². The van der Waals surface area contributed by atoms with Gasteiger partial charge in [-0.05, 0) is 18.1 Å². The van der Waals surface area contributed by atoms with Gasteiger partial charge in [-0.15, -0.1) is 0 Å². The van der Waals surface area contributed by atoms with E-state index in [9.17, 15) is 4.79 Å². The van der Waals surface area contributed by atoms with Gasteiger partial charge in [0.05, 0.1) is 6.61 Å². The quantitative estimate of drug-likeness (QED) is 0.873. The Morgan fingerprint density at radius 1 is 1.50 bits per heavy atom. The van der Waals surface area contributed by atoms with Gasteiger partial charge in [0.1, 0.15) is 0 Å². The molecule has 4 heteroatoms. The SMILES string of the molecule is CCCC(OCc1ccccc1Br)C(=O)O. The Labute approximate surface area is 104 Å². The molecule has 1 unspecified atom stereocenters. The third kappa shape index (κ3) is 3.94. The maximum absolute atomic E-state index is 10.9. The number of ether oxygens (including phenoxy) is 1. The standard InChI is InChI=1S/C12H15BrO3/c1-2-5-11(12(14)15)16-8-9-6-3-4-7-10(9)13/h3-4,6-7,11H,2,5,8H2,1H3,(H,14,15). The minimum atomic E-state index is -0.895. The minimum Gasteiger partial charge on any atom is -0.479 e. The summed E-state index contributed by atoms with van der Waals surface area (Å²) >= 11 is 3.39. The predicted molar refractivity (Wildman–Crippen MR) is 65.3 cm³/mol. The molecule has 0 saturated heterocycles. The maximum atomic E-state index is 10.9. The van der Waals surface area contributed by atoms with Crippen molar-refractivity contribution in [3.8, 4) is 0 Å². The van der Waals surface area contributed by atoms with E-state index in [1.165, 1.54) is 0 Å². The molecule has 0 heterocycles. The molecule has 0 saturated carbocycles. The van der Waals surface area contributed by atoms with E-state index in [0.717, 1.165) is 16.5 Å². The van der Waals surface area contributed by atoms with Crippen LogP contribution in [0, 0.1) is 0 Å². The highest BCUT2D eigenvalue weighted by atomic mass is 79.9. The molecule has 0 fully saturated rings. The molecule has 0 aromatic heterocycles. The Hall–Kier alpha value is -0.870. The lowest BCUT2D eigenvalue weighted by Gasteiger charge is -2.13. The number of halogens is 1. The number of aliphatic carboxylic acids is 1. The highest BCUT2D eigenvalue weighted by Crippen LogP contribution is 2.18. The molecule has 0 radical (unpaired) electrons. The predicted octanol–water partition coefficient (Wildman–Crippen LogP) is 3.22. The monoisotopic (exact) mass is 286 g/mol. The molecule has 3 nitrogen and oxygen atoms in total. The van der Waals surface area contributed by atoms with Crippen molar-refractivity contribution in [2.45, 2.75) is 32.5 Å².